The minimum absolute atomic E-state index is 0.125. The smallest absolute Gasteiger partial charge is 0.410 e. The second kappa shape index (κ2) is 8.33. The summed E-state index contributed by atoms with van der Waals surface area (Å²) >= 11 is 0. The molecule has 0 saturated carbocycles. The van der Waals surface area contributed by atoms with Crippen molar-refractivity contribution in [2.45, 2.75) is 19.4 Å². The van der Waals surface area contributed by atoms with Gasteiger partial charge in [0.05, 0.1) is 5.92 Å². The van der Waals surface area contributed by atoms with Gasteiger partial charge in [0.2, 0.25) is 5.91 Å². The van der Waals surface area contributed by atoms with Crippen molar-refractivity contribution in [2.75, 3.05) is 26.7 Å². The van der Waals surface area contributed by atoms with Crippen LogP contribution in [0.3, 0.4) is 0 Å². The molecule has 2 amide bonds. The van der Waals surface area contributed by atoms with Crippen molar-refractivity contribution in [3.63, 3.8) is 0 Å². The van der Waals surface area contributed by atoms with Crippen molar-refractivity contribution < 1.29 is 24.2 Å². The van der Waals surface area contributed by atoms with Crippen LogP contribution in [-0.2, 0) is 20.9 Å². The maximum absolute atomic E-state index is 12.2. The summed E-state index contributed by atoms with van der Waals surface area (Å²) in [5.74, 6) is -1.68. The summed E-state index contributed by atoms with van der Waals surface area (Å²) in [6.07, 6.45) is 0.651. The molecular weight excluding hydrogens is 312 g/mol. The van der Waals surface area contributed by atoms with Crippen LogP contribution < -0.4 is 0 Å². The molecule has 0 radical (unpaired) electrons. The highest BCUT2D eigenvalue weighted by atomic mass is 16.6. The first-order valence-electron chi connectivity index (χ1n) is 7.89. The number of hydrogen-bond donors (Lipinski definition) is 1. The number of carbonyl (C=O) groups is 3. The monoisotopic (exact) mass is 334 g/mol. The molecule has 1 aliphatic heterocycles. The molecular formula is C17H22N2O5. The Hall–Kier alpha value is -2.57. The SMILES string of the molecule is CN(CC(=O)N1CCCC(C(=O)O)C1)C(=O)OCc1ccccc1. The third-order valence-corrected chi connectivity index (χ3v) is 4.01. The van der Waals surface area contributed by atoms with Gasteiger partial charge in [-0.1, -0.05) is 30.3 Å². The van der Waals surface area contributed by atoms with Crippen molar-refractivity contribution in [3.8, 4) is 0 Å². The zero-order chi connectivity index (χ0) is 17.5. The van der Waals surface area contributed by atoms with E-state index in [9.17, 15) is 14.4 Å². The van der Waals surface area contributed by atoms with Crippen LogP contribution >= 0.6 is 0 Å². The molecule has 1 aliphatic rings. The Morgan fingerprint density at radius 3 is 2.67 bits per heavy atom. The summed E-state index contributed by atoms with van der Waals surface area (Å²) in [5, 5.41) is 9.06. The van der Waals surface area contributed by atoms with E-state index in [0.29, 0.717) is 19.4 Å². The van der Waals surface area contributed by atoms with Crippen LogP contribution in [0.15, 0.2) is 30.3 Å². The normalized spacial score (nSPS) is 17.2. The fourth-order valence-electron chi connectivity index (χ4n) is 2.60. The van der Waals surface area contributed by atoms with E-state index in [1.54, 1.807) is 0 Å². The van der Waals surface area contributed by atoms with E-state index in [-0.39, 0.29) is 25.6 Å². The highest BCUT2D eigenvalue weighted by Crippen LogP contribution is 2.17. The molecule has 1 saturated heterocycles. The number of amides is 2. The van der Waals surface area contributed by atoms with Gasteiger partial charge in [-0.25, -0.2) is 4.79 Å². The zero-order valence-electron chi connectivity index (χ0n) is 13.7. The summed E-state index contributed by atoms with van der Waals surface area (Å²) in [4.78, 5) is 37.9. The second-order valence-electron chi connectivity index (χ2n) is 5.91. The lowest BCUT2D eigenvalue weighted by Gasteiger charge is -2.31. The first kappa shape index (κ1) is 17.8. The van der Waals surface area contributed by atoms with Crippen molar-refractivity contribution >= 4 is 18.0 Å². The van der Waals surface area contributed by atoms with Gasteiger partial charge < -0.3 is 19.6 Å². The average molecular weight is 334 g/mol. The average Bonchev–Trinajstić information content (AvgIpc) is 2.60. The lowest BCUT2D eigenvalue weighted by atomic mass is 9.98. The van der Waals surface area contributed by atoms with Crippen LogP contribution in [0.4, 0.5) is 4.79 Å². The van der Waals surface area contributed by atoms with Crippen LogP contribution in [-0.4, -0.2) is 59.6 Å². The van der Waals surface area contributed by atoms with E-state index in [1.807, 2.05) is 30.3 Å². The molecule has 1 heterocycles. The topological polar surface area (TPSA) is 87.2 Å². The molecule has 130 valence electrons. The molecule has 1 aromatic rings. The van der Waals surface area contributed by atoms with Gasteiger partial charge in [-0.3, -0.25) is 9.59 Å². The molecule has 1 N–H and O–H groups in total. The second-order valence-corrected chi connectivity index (χ2v) is 5.91. The number of nitrogens with zero attached hydrogens (tertiary/aromatic N) is 2. The zero-order valence-corrected chi connectivity index (χ0v) is 13.7. The largest absolute Gasteiger partial charge is 0.481 e. The fraction of sp³-hybridized carbons (Fsp3) is 0.471. The Morgan fingerprint density at radius 1 is 1.29 bits per heavy atom. The summed E-state index contributed by atoms with van der Waals surface area (Å²) < 4.78 is 5.16. The van der Waals surface area contributed by atoms with Gasteiger partial charge in [0.25, 0.3) is 0 Å². The van der Waals surface area contributed by atoms with E-state index >= 15 is 0 Å². The molecule has 0 aliphatic carbocycles. The van der Waals surface area contributed by atoms with Gasteiger partial charge >= 0.3 is 12.1 Å². The van der Waals surface area contributed by atoms with Crippen LogP contribution in [0.2, 0.25) is 0 Å². The molecule has 2 rings (SSSR count). The Labute approximate surface area is 140 Å². The Kier molecular flexibility index (Phi) is 6.17. The number of carboxylic acids is 1. The molecule has 0 bridgehead atoms. The van der Waals surface area contributed by atoms with Gasteiger partial charge in [-0.15, -0.1) is 0 Å². The predicted octanol–water partition coefficient (Wildman–Crippen LogP) is 1.58. The number of likely N-dealkylation sites (N-methyl/N-ethyl adjacent to an activating group) is 1. The molecule has 24 heavy (non-hydrogen) atoms. The van der Waals surface area contributed by atoms with Crippen molar-refractivity contribution in [2.24, 2.45) is 5.92 Å². The number of ether oxygens (including phenoxy) is 1. The van der Waals surface area contributed by atoms with Crippen LogP contribution in [0.5, 0.6) is 0 Å². The minimum atomic E-state index is -0.886. The first-order valence-corrected chi connectivity index (χ1v) is 7.89. The molecule has 7 heteroatoms. The summed E-state index contributed by atoms with van der Waals surface area (Å²) in [5.41, 5.74) is 0.867. The third-order valence-electron chi connectivity index (χ3n) is 4.01. The van der Waals surface area contributed by atoms with Crippen LogP contribution in [0, 0.1) is 5.92 Å². The lowest BCUT2D eigenvalue weighted by Crippen LogP contribution is -2.47. The number of carboxylic acid groups (broad SMARTS) is 1. The highest BCUT2D eigenvalue weighted by molar-refractivity contribution is 5.83. The summed E-state index contributed by atoms with van der Waals surface area (Å²) in [7, 11) is 1.49. The number of benzene rings is 1. The number of hydrogen-bond acceptors (Lipinski definition) is 4. The Bertz CT molecular complexity index is 590. The van der Waals surface area contributed by atoms with E-state index in [1.165, 1.54) is 16.8 Å². The molecule has 0 aromatic heterocycles. The standard InChI is InChI=1S/C17H22N2O5/c1-18(17(23)24-12-13-6-3-2-4-7-13)11-15(20)19-9-5-8-14(10-19)16(21)22/h2-4,6-7,14H,5,8-12H2,1H3,(H,21,22). The predicted molar refractivity (Wildman–Crippen MR) is 86.2 cm³/mol. The van der Waals surface area contributed by atoms with Gasteiger partial charge in [0.15, 0.2) is 0 Å². The molecule has 0 spiro atoms. The van der Waals surface area contributed by atoms with E-state index in [4.69, 9.17) is 9.84 Å². The third kappa shape index (κ3) is 4.97. The quantitative estimate of drug-likeness (QED) is 0.883. The summed E-state index contributed by atoms with van der Waals surface area (Å²) in [6.45, 7) is 0.736. The fourth-order valence-corrected chi connectivity index (χ4v) is 2.60. The molecule has 1 unspecified atom stereocenters. The van der Waals surface area contributed by atoms with Crippen molar-refractivity contribution in [3.05, 3.63) is 35.9 Å². The Balaban J connectivity index is 1.80. The van der Waals surface area contributed by atoms with Crippen LogP contribution in [0.1, 0.15) is 18.4 Å². The van der Waals surface area contributed by atoms with Crippen molar-refractivity contribution in [1.29, 1.82) is 0 Å². The van der Waals surface area contributed by atoms with Crippen molar-refractivity contribution in [1.82, 2.24) is 9.80 Å². The van der Waals surface area contributed by atoms with Gasteiger partial charge in [0, 0.05) is 20.1 Å². The van der Waals surface area contributed by atoms with Gasteiger partial charge in [-0.05, 0) is 18.4 Å². The van der Waals surface area contributed by atoms with Gasteiger partial charge in [0.1, 0.15) is 13.2 Å². The van der Waals surface area contributed by atoms with E-state index in [2.05, 4.69) is 0 Å². The molecule has 7 nitrogen and oxygen atoms in total. The highest BCUT2D eigenvalue weighted by Gasteiger charge is 2.29. The summed E-state index contributed by atoms with van der Waals surface area (Å²) in [6, 6.07) is 9.27. The molecule has 1 fully saturated rings. The van der Waals surface area contributed by atoms with Crippen LogP contribution in [0.25, 0.3) is 0 Å². The maximum atomic E-state index is 12.2. The number of rotatable bonds is 5. The maximum Gasteiger partial charge on any atom is 0.410 e. The number of piperidine rings is 1. The molecule has 1 aromatic carbocycles. The van der Waals surface area contributed by atoms with E-state index < -0.39 is 18.0 Å². The first-order chi connectivity index (χ1) is 11.5. The Morgan fingerprint density at radius 2 is 2.00 bits per heavy atom. The lowest BCUT2D eigenvalue weighted by molar-refractivity contribution is -0.145. The van der Waals surface area contributed by atoms with Gasteiger partial charge in [-0.2, -0.15) is 0 Å². The van der Waals surface area contributed by atoms with E-state index in [0.717, 1.165) is 5.56 Å². The number of likely N-dealkylation sites (tertiary alicyclic amines) is 1. The number of aliphatic carboxylic acids is 1. The minimum Gasteiger partial charge on any atom is -0.481 e. The number of carbonyl (C=O) groups excluding carboxylic acids is 2. The molecule has 1 atom stereocenters.